The van der Waals surface area contributed by atoms with E-state index in [1.165, 1.54) is 6.42 Å². The van der Waals surface area contributed by atoms with Crippen LogP contribution < -0.4 is 11.1 Å². The Morgan fingerprint density at radius 1 is 1.33 bits per heavy atom. The molecule has 1 amide bonds. The molecule has 3 atom stereocenters. The van der Waals surface area contributed by atoms with Gasteiger partial charge in [-0.1, -0.05) is 13.8 Å². The third-order valence-corrected chi connectivity index (χ3v) is 3.73. The summed E-state index contributed by atoms with van der Waals surface area (Å²) in [5, 5.41) is 3.10. The van der Waals surface area contributed by atoms with Crippen molar-refractivity contribution in [3.8, 4) is 0 Å². The summed E-state index contributed by atoms with van der Waals surface area (Å²) in [5.74, 6) is 1.39. The van der Waals surface area contributed by atoms with Gasteiger partial charge < -0.3 is 15.8 Å². The highest BCUT2D eigenvalue weighted by Crippen LogP contribution is 2.28. The third kappa shape index (κ3) is 5.36. The van der Waals surface area contributed by atoms with Crippen molar-refractivity contribution in [2.45, 2.75) is 58.0 Å². The predicted molar refractivity (Wildman–Crippen MR) is 73.2 cm³/mol. The van der Waals surface area contributed by atoms with Crippen LogP contribution >= 0.6 is 0 Å². The Hall–Kier alpha value is -0.610. The molecular formula is C14H28N2O2. The molecule has 3 unspecified atom stereocenters. The summed E-state index contributed by atoms with van der Waals surface area (Å²) in [7, 11) is 1.66. The number of nitrogens with two attached hydrogens (primary N) is 1. The maximum atomic E-state index is 11.9. The van der Waals surface area contributed by atoms with Gasteiger partial charge in [0.25, 0.3) is 0 Å². The van der Waals surface area contributed by atoms with E-state index in [0.29, 0.717) is 30.9 Å². The Kier molecular flexibility index (Phi) is 6.65. The van der Waals surface area contributed by atoms with E-state index in [9.17, 15) is 4.79 Å². The second kappa shape index (κ2) is 7.74. The molecule has 0 spiro atoms. The minimum atomic E-state index is -0.396. The molecule has 4 heteroatoms. The minimum absolute atomic E-state index is 0.00240. The van der Waals surface area contributed by atoms with Gasteiger partial charge in [-0.3, -0.25) is 4.79 Å². The van der Waals surface area contributed by atoms with Crippen molar-refractivity contribution in [2.24, 2.45) is 17.6 Å². The first-order chi connectivity index (χ1) is 8.52. The summed E-state index contributed by atoms with van der Waals surface area (Å²) in [6.45, 7) is 5.18. The lowest BCUT2D eigenvalue weighted by atomic mass is 9.80. The molecule has 1 fully saturated rings. The fourth-order valence-electron chi connectivity index (χ4n) is 2.95. The van der Waals surface area contributed by atoms with E-state index in [1.54, 1.807) is 7.11 Å². The number of ether oxygens (including phenoxy) is 1. The Morgan fingerprint density at radius 2 is 1.94 bits per heavy atom. The molecule has 0 aromatic heterocycles. The zero-order chi connectivity index (χ0) is 13.5. The van der Waals surface area contributed by atoms with E-state index in [1.807, 2.05) is 0 Å². The molecule has 0 radical (unpaired) electrons. The average Bonchev–Trinajstić information content (AvgIpc) is 2.27. The molecule has 1 aliphatic rings. The largest absolute Gasteiger partial charge is 0.385 e. The summed E-state index contributed by atoms with van der Waals surface area (Å²) >= 11 is 0. The number of hydrogen-bond acceptors (Lipinski definition) is 3. The molecule has 106 valence electrons. The summed E-state index contributed by atoms with van der Waals surface area (Å²) in [5.41, 5.74) is 5.88. The summed E-state index contributed by atoms with van der Waals surface area (Å²) in [4.78, 5) is 11.9. The van der Waals surface area contributed by atoms with Crippen LogP contribution in [-0.4, -0.2) is 31.7 Å². The van der Waals surface area contributed by atoms with E-state index in [2.05, 4.69) is 19.2 Å². The topological polar surface area (TPSA) is 64.3 Å². The van der Waals surface area contributed by atoms with Crippen molar-refractivity contribution >= 4 is 5.91 Å². The summed E-state index contributed by atoms with van der Waals surface area (Å²) in [6, 6.07) is -0.0857. The van der Waals surface area contributed by atoms with Crippen molar-refractivity contribution < 1.29 is 9.53 Å². The summed E-state index contributed by atoms with van der Waals surface area (Å²) in [6.07, 6.45) is 4.97. The van der Waals surface area contributed by atoms with Crippen LogP contribution in [0.3, 0.4) is 0 Å². The summed E-state index contributed by atoms with van der Waals surface area (Å²) < 4.78 is 4.96. The zero-order valence-electron chi connectivity index (χ0n) is 11.9. The smallest absolute Gasteiger partial charge is 0.237 e. The predicted octanol–water partition coefficient (Wildman–Crippen LogP) is 1.68. The van der Waals surface area contributed by atoms with Crippen LogP contribution in [0.15, 0.2) is 0 Å². The standard InChI is InChI=1S/C14H28N2O2/c1-10-7-11(2)9-12(8-10)16-14(17)13(15)5-4-6-18-3/h10-13H,4-9,15H2,1-3H3,(H,16,17). The van der Waals surface area contributed by atoms with Gasteiger partial charge in [-0.05, 0) is 43.9 Å². The number of carbonyl (C=O) groups is 1. The fraction of sp³-hybridized carbons (Fsp3) is 0.929. The van der Waals surface area contributed by atoms with Crippen LogP contribution in [0.4, 0.5) is 0 Å². The van der Waals surface area contributed by atoms with Crippen molar-refractivity contribution in [1.82, 2.24) is 5.32 Å². The van der Waals surface area contributed by atoms with Gasteiger partial charge in [0.1, 0.15) is 0 Å². The van der Waals surface area contributed by atoms with Crippen molar-refractivity contribution in [3.05, 3.63) is 0 Å². The van der Waals surface area contributed by atoms with Crippen molar-refractivity contribution in [2.75, 3.05) is 13.7 Å². The number of rotatable bonds is 6. The van der Waals surface area contributed by atoms with Gasteiger partial charge in [-0.2, -0.15) is 0 Å². The minimum Gasteiger partial charge on any atom is -0.385 e. The molecular weight excluding hydrogens is 228 g/mol. The highest BCUT2D eigenvalue weighted by atomic mass is 16.5. The van der Waals surface area contributed by atoms with E-state index in [0.717, 1.165) is 19.3 Å². The quantitative estimate of drug-likeness (QED) is 0.711. The van der Waals surface area contributed by atoms with Crippen LogP contribution in [0.25, 0.3) is 0 Å². The van der Waals surface area contributed by atoms with Crippen LogP contribution in [-0.2, 0) is 9.53 Å². The number of nitrogens with one attached hydrogen (secondary N) is 1. The van der Waals surface area contributed by atoms with Crippen LogP contribution in [0, 0.1) is 11.8 Å². The van der Waals surface area contributed by atoms with E-state index >= 15 is 0 Å². The second-order valence-electron chi connectivity index (χ2n) is 5.86. The fourth-order valence-corrected chi connectivity index (χ4v) is 2.95. The SMILES string of the molecule is COCCCC(N)C(=O)NC1CC(C)CC(C)C1. The normalized spacial score (nSPS) is 29.9. The van der Waals surface area contributed by atoms with Gasteiger partial charge in [-0.25, -0.2) is 0 Å². The molecule has 3 N–H and O–H groups in total. The van der Waals surface area contributed by atoms with Crippen molar-refractivity contribution in [1.29, 1.82) is 0 Å². The van der Waals surface area contributed by atoms with E-state index in [4.69, 9.17) is 10.5 Å². The van der Waals surface area contributed by atoms with E-state index < -0.39 is 6.04 Å². The number of carbonyl (C=O) groups excluding carboxylic acids is 1. The number of hydrogen-bond donors (Lipinski definition) is 2. The van der Waals surface area contributed by atoms with E-state index in [-0.39, 0.29) is 5.91 Å². The molecule has 1 aliphatic carbocycles. The van der Waals surface area contributed by atoms with Gasteiger partial charge in [0.05, 0.1) is 6.04 Å². The number of methoxy groups -OCH3 is 1. The maximum absolute atomic E-state index is 11.9. The number of amides is 1. The van der Waals surface area contributed by atoms with Gasteiger partial charge >= 0.3 is 0 Å². The second-order valence-corrected chi connectivity index (χ2v) is 5.86. The molecule has 18 heavy (non-hydrogen) atoms. The van der Waals surface area contributed by atoms with Crippen molar-refractivity contribution in [3.63, 3.8) is 0 Å². The van der Waals surface area contributed by atoms with Gasteiger partial charge in [0.15, 0.2) is 0 Å². The first-order valence-corrected chi connectivity index (χ1v) is 7.07. The van der Waals surface area contributed by atoms with Gasteiger partial charge in [-0.15, -0.1) is 0 Å². The van der Waals surface area contributed by atoms with Gasteiger partial charge in [0.2, 0.25) is 5.91 Å². The Bertz CT molecular complexity index is 248. The van der Waals surface area contributed by atoms with Gasteiger partial charge in [0, 0.05) is 19.8 Å². The Labute approximate surface area is 111 Å². The van der Waals surface area contributed by atoms with Crippen LogP contribution in [0.1, 0.15) is 46.0 Å². The third-order valence-electron chi connectivity index (χ3n) is 3.73. The lowest BCUT2D eigenvalue weighted by Crippen LogP contribution is -2.47. The zero-order valence-corrected chi connectivity index (χ0v) is 11.9. The molecule has 0 heterocycles. The first kappa shape index (κ1) is 15.4. The molecule has 0 aliphatic heterocycles. The Balaban J connectivity index is 2.29. The lowest BCUT2D eigenvalue weighted by Gasteiger charge is -2.32. The molecule has 0 aromatic rings. The molecule has 0 saturated heterocycles. The molecule has 4 nitrogen and oxygen atoms in total. The molecule has 0 aromatic carbocycles. The highest BCUT2D eigenvalue weighted by Gasteiger charge is 2.26. The van der Waals surface area contributed by atoms with Crippen LogP contribution in [0.5, 0.6) is 0 Å². The Morgan fingerprint density at radius 3 is 2.50 bits per heavy atom. The lowest BCUT2D eigenvalue weighted by molar-refractivity contribution is -0.123. The first-order valence-electron chi connectivity index (χ1n) is 7.07. The monoisotopic (exact) mass is 256 g/mol. The molecule has 1 saturated carbocycles. The molecule has 0 bridgehead atoms. The average molecular weight is 256 g/mol. The maximum Gasteiger partial charge on any atom is 0.237 e. The molecule has 1 rings (SSSR count). The highest BCUT2D eigenvalue weighted by molar-refractivity contribution is 5.81. The van der Waals surface area contributed by atoms with Crippen LogP contribution in [0.2, 0.25) is 0 Å².